The first kappa shape index (κ1) is 14.7. The number of fused-ring (bicyclic) bond motifs is 1. The number of aromatic nitrogens is 1. The summed E-state index contributed by atoms with van der Waals surface area (Å²) < 4.78 is 2.27. The van der Waals surface area contributed by atoms with Crippen LogP contribution in [-0.4, -0.2) is 21.1 Å². The van der Waals surface area contributed by atoms with Gasteiger partial charge in [0, 0.05) is 30.7 Å². The van der Waals surface area contributed by atoms with E-state index in [0.717, 1.165) is 18.8 Å². The highest BCUT2D eigenvalue weighted by atomic mass is 35.5. The first-order valence-electron chi connectivity index (χ1n) is 6.74. The van der Waals surface area contributed by atoms with Crippen LogP contribution < -0.4 is 5.32 Å². The molecule has 1 aliphatic heterocycles. The van der Waals surface area contributed by atoms with Gasteiger partial charge < -0.3 is 14.8 Å². The molecular formula is C15H15Cl2N3S. The Morgan fingerprint density at radius 3 is 2.81 bits per heavy atom. The van der Waals surface area contributed by atoms with Crippen LogP contribution in [0.5, 0.6) is 0 Å². The maximum Gasteiger partial charge on any atom is 0.174 e. The summed E-state index contributed by atoms with van der Waals surface area (Å²) in [7, 11) is 0. The lowest BCUT2D eigenvalue weighted by Gasteiger charge is -2.36. The van der Waals surface area contributed by atoms with Gasteiger partial charge in [-0.2, -0.15) is 0 Å². The number of hydrogen-bond acceptors (Lipinski definition) is 1. The van der Waals surface area contributed by atoms with E-state index in [2.05, 4.69) is 40.0 Å². The van der Waals surface area contributed by atoms with Gasteiger partial charge in [0.2, 0.25) is 0 Å². The van der Waals surface area contributed by atoms with E-state index >= 15 is 0 Å². The maximum absolute atomic E-state index is 6.03. The molecule has 0 spiro atoms. The molecule has 1 atom stereocenters. The molecule has 3 rings (SSSR count). The summed E-state index contributed by atoms with van der Waals surface area (Å²) in [5, 5.41) is 5.00. The van der Waals surface area contributed by atoms with Crippen LogP contribution in [0.2, 0.25) is 10.0 Å². The molecule has 1 N–H and O–H groups in total. The van der Waals surface area contributed by atoms with Gasteiger partial charge in [0.05, 0.1) is 16.1 Å². The highest BCUT2D eigenvalue weighted by Crippen LogP contribution is 2.28. The quantitative estimate of drug-likeness (QED) is 0.768. The fourth-order valence-corrected chi connectivity index (χ4v) is 3.29. The van der Waals surface area contributed by atoms with Crippen molar-refractivity contribution in [3.05, 3.63) is 52.3 Å². The zero-order valence-electron chi connectivity index (χ0n) is 11.5. The average molecular weight is 340 g/mol. The standard InChI is InChI=1S/C15H15Cl2N3S/c1-10-14-3-2-6-19(14)7-8-20(10)15(21)18-11-4-5-12(16)13(17)9-11/h2-6,9-10H,7-8H2,1H3,(H,18,21). The summed E-state index contributed by atoms with van der Waals surface area (Å²) in [6, 6.07) is 9.88. The lowest BCUT2D eigenvalue weighted by atomic mass is 10.1. The first-order valence-corrected chi connectivity index (χ1v) is 7.90. The van der Waals surface area contributed by atoms with Crippen molar-refractivity contribution >= 4 is 46.2 Å². The van der Waals surface area contributed by atoms with Crippen molar-refractivity contribution in [3.8, 4) is 0 Å². The Morgan fingerprint density at radius 2 is 2.05 bits per heavy atom. The number of halogens is 2. The number of nitrogens with one attached hydrogen (secondary N) is 1. The van der Waals surface area contributed by atoms with E-state index in [1.165, 1.54) is 5.69 Å². The molecule has 3 nitrogen and oxygen atoms in total. The largest absolute Gasteiger partial charge is 0.348 e. The predicted octanol–water partition coefficient (Wildman–Crippen LogP) is 4.57. The van der Waals surface area contributed by atoms with Gasteiger partial charge in [-0.3, -0.25) is 0 Å². The molecule has 21 heavy (non-hydrogen) atoms. The van der Waals surface area contributed by atoms with Crippen LogP contribution in [0, 0.1) is 0 Å². The van der Waals surface area contributed by atoms with E-state index in [1.54, 1.807) is 12.1 Å². The van der Waals surface area contributed by atoms with Gasteiger partial charge in [0.15, 0.2) is 5.11 Å². The first-order chi connectivity index (χ1) is 10.1. The topological polar surface area (TPSA) is 20.2 Å². The molecule has 110 valence electrons. The second kappa shape index (κ2) is 5.87. The molecule has 6 heteroatoms. The molecule has 1 unspecified atom stereocenters. The van der Waals surface area contributed by atoms with Crippen molar-refractivity contribution in [2.45, 2.75) is 19.5 Å². The van der Waals surface area contributed by atoms with E-state index in [-0.39, 0.29) is 6.04 Å². The lowest BCUT2D eigenvalue weighted by molar-refractivity contribution is 0.276. The summed E-state index contributed by atoms with van der Waals surface area (Å²) in [4.78, 5) is 2.19. The van der Waals surface area contributed by atoms with Crippen LogP contribution in [0.1, 0.15) is 18.7 Å². The van der Waals surface area contributed by atoms with Gasteiger partial charge in [-0.15, -0.1) is 0 Å². The smallest absolute Gasteiger partial charge is 0.174 e. The van der Waals surface area contributed by atoms with Gasteiger partial charge in [-0.1, -0.05) is 23.2 Å². The summed E-state index contributed by atoms with van der Waals surface area (Å²) in [5.74, 6) is 0. The molecule has 0 amide bonds. The van der Waals surface area contributed by atoms with Crippen molar-refractivity contribution in [2.75, 3.05) is 11.9 Å². The van der Waals surface area contributed by atoms with E-state index in [1.807, 2.05) is 6.07 Å². The third-order valence-corrected chi connectivity index (χ3v) is 4.85. The highest BCUT2D eigenvalue weighted by molar-refractivity contribution is 7.80. The zero-order chi connectivity index (χ0) is 15.0. The Bertz CT molecular complexity index is 683. The Balaban J connectivity index is 1.75. The number of thiocarbonyl (C=S) groups is 1. The van der Waals surface area contributed by atoms with Crippen molar-refractivity contribution in [2.24, 2.45) is 0 Å². The van der Waals surface area contributed by atoms with Crippen molar-refractivity contribution in [1.82, 2.24) is 9.47 Å². The van der Waals surface area contributed by atoms with E-state index in [0.29, 0.717) is 15.2 Å². The summed E-state index contributed by atoms with van der Waals surface area (Å²) in [6.07, 6.45) is 2.11. The van der Waals surface area contributed by atoms with Crippen LogP contribution >= 0.6 is 35.4 Å². The van der Waals surface area contributed by atoms with Crippen LogP contribution in [-0.2, 0) is 6.54 Å². The van der Waals surface area contributed by atoms with Gasteiger partial charge in [0.25, 0.3) is 0 Å². The molecule has 1 aromatic heterocycles. The third-order valence-electron chi connectivity index (χ3n) is 3.77. The second-order valence-corrected chi connectivity index (χ2v) is 6.26. The number of nitrogens with zero attached hydrogens (tertiary/aromatic N) is 2. The Morgan fingerprint density at radius 1 is 1.24 bits per heavy atom. The summed E-state index contributed by atoms with van der Waals surface area (Å²) in [6.45, 7) is 3.99. The third kappa shape index (κ3) is 2.89. The number of anilines is 1. The molecule has 1 aromatic carbocycles. The van der Waals surface area contributed by atoms with Crippen LogP contribution in [0.4, 0.5) is 5.69 Å². The Labute approximate surface area is 139 Å². The van der Waals surface area contributed by atoms with E-state index < -0.39 is 0 Å². The van der Waals surface area contributed by atoms with Gasteiger partial charge in [0.1, 0.15) is 0 Å². The van der Waals surface area contributed by atoms with Crippen molar-refractivity contribution in [1.29, 1.82) is 0 Å². The molecule has 2 heterocycles. The molecule has 0 saturated carbocycles. The monoisotopic (exact) mass is 339 g/mol. The predicted molar refractivity (Wildman–Crippen MR) is 92.2 cm³/mol. The molecule has 0 bridgehead atoms. The molecule has 2 aromatic rings. The summed E-state index contributed by atoms with van der Waals surface area (Å²) >= 11 is 17.5. The van der Waals surface area contributed by atoms with Crippen LogP contribution in [0.15, 0.2) is 36.5 Å². The molecule has 0 fully saturated rings. The Kier molecular flexibility index (Phi) is 4.11. The normalized spacial score (nSPS) is 17.5. The minimum absolute atomic E-state index is 0.247. The average Bonchev–Trinajstić information content (AvgIpc) is 2.92. The van der Waals surface area contributed by atoms with Crippen LogP contribution in [0.3, 0.4) is 0 Å². The number of rotatable bonds is 1. The Hall–Kier alpha value is -1.23. The lowest BCUT2D eigenvalue weighted by Crippen LogP contribution is -2.42. The zero-order valence-corrected chi connectivity index (χ0v) is 13.8. The number of hydrogen-bond donors (Lipinski definition) is 1. The van der Waals surface area contributed by atoms with E-state index in [4.69, 9.17) is 35.4 Å². The minimum atomic E-state index is 0.247. The van der Waals surface area contributed by atoms with E-state index in [9.17, 15) is 0 Å². The minimum Gasteiger partial charge on any atom is -0.348 e. The van der Waals surface area contributed by atoms with Gasteiger partial charge in [-0.25, -0.2) is 0 Å². The van der Waals surface area contributed by atoms with Crippen molar-refractivity contribution < 1.29 is 0 Å². The molecule has 0 aliphatic carbocycles. The number of benzene rings is 1. The second-order valence-electron chi connectivity index (χ2n) is 5.05. The molecular weight excluding hydrogens is 325 g/mol. The maximum atomic E-state index is 6.03. The van der Waals surface area contributed by atoms with Crippen LogP contribution in [0.25, 0.3) is 0 Å². The SMILES string of the molecule is CC1c2cccn2CCN1C(=S)Nc1ccc(Cl)c(Cl)c1. The molecule has 0 saturated heterocycles. The van der Waals surface area contributed by atoms with Gasteiger partial charge >= 0.3 is 0 Å². The molecule has 0 radical (unpaired) electrons. The van der Waals surface area contributed by atoms with Gasteiger partial charge in [-0.05, 0) is 49.5 Å². The summed E-state index contributed by atoms with van der Waals surface area (Å²) in [5.41, 5.74) is 2.13. The van der Waals surface area contributed by atoms with Crippen molar-refractivity contribution in [3.63, 3.8) is 0 Å². The highest BCUT2D eigenvalue weighted by Gasteiger charge is 2.25. The fraction of sp³-hybridized carbons (Fsp3) is 0.267. The fourth-order valence-electron chi connectivity index (χ4n) is 2.63. The molecule has 1 aliphatic rings.